The Morgan fingerprint density at radius 2 is 2.04 bits per heavy atom. The van der Waals surface area contributed by atoms with E-state index in [1.807, 2.05) is 12.1 Å². The lowest BCUT2D eigenvalue weighted by Crippen LogP contribution is -2.21. The summed E-state index contributed by atoms with van der Waals surface area (Å²) in [6.07, 6.45) is 2.14. The molecule has 0 radical (unpaired) electrons. The largest absolute Gasteiger partial charge is 0.497 e. The average molecular weight is 323 g/mol. The van der Waals surface area contributed by atoms with Crippen LogP contribution in [0.5, 0.6) is 5.75 Å². The van der Waals surface area contributed by atoms with Crippen LogP contribution < -0.4 is 10.1 Å². The van der Waals surface area contributed by atoms with E-state index in [1.54, 1.807) is 59.5 Å². The Labute approximate surface area is 139 Å². The minimum Gasteiger partial charge on any atom is -0.497 e. The van der Waals surface area contributed by atoms with Crippen LogP contribution in [0.25, 0.3) is 5.69 Å². The van der Waals surface area contributed by atoms with Crippen molar-refractivity contribution in [3.05, 3.63) is 72.6 Å². The van der Waals surface area contributed by atoms with Gasteiger partial charge in [0.2, 0.25) is 0 Å². The molecule has 3 rings (SSSR count). The molecule has 24 heavy (non-hydrogen) atoms. The van der Waals surface area contributed by atoms with Gasteiger partial charge in [-0.1, -0.05) is 24.3 Å². The van der Waals surface area contributed by atoms with E-state index in [0.29, 0.717) is 22.7 Å². The number of aliphatic hydroxyl groups is 1. The highest BCUT2D eigenvalue weighted by molar-refractivity contribution is 5.96. The summed E-state index contributed by atoms with van der Waals surface area (Å²) in [5.41, 5.74) is 1.74. The van der Waals surface area contributed by atoms with Gasteiger partial charge in [-0.2, -0.15) is 5.10 Å². The fraction of sp³-hybridized carbons (Fsp3) is 0.111. The number of hydrogen-bond acceptors (Lipinski definition) is 4. The number of methoxy groups -OCH3 is 1. The summed E-state index contributed by atoms with van der Waals surface area (Å²) in [4.78, 5) is 12.4. The molecule has 2 N–H and O–H groups in total. The van der Waals surface area contributed by atoms with Crippen LogP contribution in [0.4, 0.5) is 5.69 Å². The van der Waals surface area contributed by atoms with Crippen molar-refractivity contribution >= 4 is 11.6 Å². The molecule has 1 unspecified atom stereocenters. The van der Waals surface area contributed by atoms with Crippen LogP contribution in [-0.4, -0.2) is 27.9 Å². The molecule has 6 heteroatoms. The molecule has 0 saturated carbocycles. The number of amides is 1. The van der Waals surface area contributed by atoms with Gasteiger partial charge >= 0.3 is 0 Å². The minimum atomic E-state index is -1.30. The fourth-order valence-corrected chi connectivity index (χ4v) is 2.35. The smallest absolute Gasteiger partial charge is 0.257 e. The van der Waals surface area contributed by atoms with Crippen molar-refractivity contribution in [2.75, 3.05) is 12.4 Å². The zero-order valence-corrected chi connectivity index (χ0v) is 13.1. The van der Waals surface area contributed by atoms with Gasteiger partial charge in [-0.3, -0.25) is 4.79 Å². The van der Waals surface area contributed by atoms with Crippen molar-refractivity contribution in [3.63, 3.8) is 0 Å². The Bertz CT molecular complexity index is 831. The van der Waals surface area contributed by atoms with Gasteiger partial charge in [0.15, 0.2) is 6.10 Å². The molecule has 0 spiro atoms. The normalized spacial score (nSPS) is 11.8. The third-order valence-electron chi connectivity index (χ3n) is 3.57. The molecule has 3 aromatic rings. The van der Waals surface area contributed by atoms with E-state index in [9.17, 15) is 9.90 Å². The van der Waals surface area contributed by atoms with Crippen LogP contribution >= 0.6 is 0 Å². The number of benzene rings is 2. The summed E-state index contributed by atoms with van der Waals surface area (Å²) in [7, 11) is 1.53. The second kappa shape index (κ2) is 6.97. The number of aromatic nitrogens is 2. The molecule has 0 aliphatic heterocycles. The van der Waals surface area contributed by atoms with Gasteiger partial charge in [0, 0.05) is 12.4 Å². The highest BCUT2D eigenvalue weighted by atomic mass is 16.5. The van der Waals surface area contributed by atoms with E-state index in [1.165, 1.54) is 7.11 Å². The number of nitrogens with one attached hydrogen (secondary N) is 1. The maximum absolute atomic E-state index is 12.4. The second-order valence-electron chi connectivity index (χ2n) is 5.14. The van der Waals surface area contributed by atoms with Crippen molar-refractivity contribution in [1.29, 1.82) is 0 Å². The van der Waals surface area contributed by atoms with Gasteiger partial charge in [0.1, 0.15) is 5.75 Å². The van der Waals surface area contributed by atoms with Crippen LogP contribution in [0.1, 0.15) is 11.7 Å². The Hall–Kier alpha value is -3.12. The van der Waals surface area contributed by atoms with Gasteiger partial charge < -0.3 is 15.2 Å². The van der Waals surface area contributed by atoms with Gasteiger partial charge in [-0.25, -0.2) is 4.68 Å². The number of ether oxygens (including phenoxy) is 1. The quantitative estimate of drug-likeness (QED) is 0.756. The molecule has 0 bridgehead atoms. The van der Waals surface area contributed by atoms with Crippen molar-refractivity contribution in [3.8, 4) is 11.4 Å². The second-order valence-corrected chi connectivity index (χ2v) is 5.14. The van der Waals surface area contributed by atoms with Crippen LogP contribution in [0, 0.1) is 0 Å². The third-order valence-corrected chi connectivity index (χ3v) is 3.57. The lowest BCUT2D eigenvalue weighted by molar-refractivity contribution is -0.124. The van der Waals surface area contributed by atoms with Crippen molar-refractivity contribution in [1.82, 2.24) is 9.78 Å². The first-order chi connectivity index (χ1) is 11.7. The number of carbonyl (C=O) groups is 1. The molecule has 2 aromatic carbocycles. The lowest BCUT2D eigenvalue weighted by atomic mass is 10.1. The predicted molar refractivity (Wildman–Crippen MR) is 90.1 cm³/mol. The summed E-state index contributed by atoms with van der Waals surface area (Å²) in [6, 6.07) is 15.8. The highest BCUT2D eigenvalue weighted by Gasteiger charge is 2.19. The van der Waals surface area contributed by atoms with Gasteiger partial charge in [-0.05, 0) is 35.9 Å². The topological polar surface area (TPSA) is 76.4 Å². The molecule has 122 valence electrons. The number of nitrogens with zero attached hydrogens (tertiary/aromatic N) is 2. The molecule has 0 aliphatic carbocycles. The summed E-state index contributed by atoms with van der Waals surface area (Å²) in [6.45, 7) is 0. The Balaban J connectivity index is 1.82. The van der Waals surface area contributed by atoms with E-state index < -0.39 is 12.0 Å². The van der Waals surface area contributed by atoms with Gasteiger partial charge in [-0.15, -0.1) is 0 Å². The van der Waals surface area contributed by atoms with Gasteiger partial charge in [0.25, 0.3) is 5.91 Å². The molecule has 0 fully saturated rings. The standard InChI is InChI=1S/C18H17N3O3/c1-24-14-7-4-6-13(12-14)17(22)18(23)20-15-8-2-3-9-16(15)21-11-5-10-19-21/h2-12,17,22H,1H3,(H,20,23). The molecule has 1 amide bonds. The van der Waals surface area contributed by atoms with E-state index in [0.717, 1.165) is 0 Å². The molecule has 1 aromatic heterocycles. The minimum absolute atomic E-state index is 0.462. The maximum Gasteiger partial charge on any atom is 0.257 e. The Morgan fingerprint density at radius 1 is 1.21 bits per heavy atom. The summed E-state index contributed by atoms with van der Waals surface area (Å²) in [5.74, 6) is 0.0548. The summed E-state index contributed by atoms with van der Waals surface area (Å²) < 4.78 is 6.76. The van der Waals surface area contributed by atoms with Crippen LogP contribution in [0.15, 0.2) is 67.0 Å². The number of carbonyl (C=O) groups excluding carboxylic acids is 1. The SMILES string of the molecule is COc1cccc(C(O)C(=O)Nc2ccccc2-n2cccn2)c1. The molecule has 0 aliphatic rings. The maximum atomic E-state index is 12.4. The zero-order chi connectivity index (χ0) is 16.9. The van der Waals surface area contributed by atoms with E-state index >= 15 is 0 Å². The number of rotatable bonds is 5. The predicted octanol–water partition coefficient (Wildman–Crippen LogP) is 2.55. The average Bonchev–Trinajstić information content (AvgIpc) is 3.16. The molecular weight excluding hydrogens is 306 g/mol. The van der Waals surface area contributed by atoms with Crippen molar-refractivity contribution in [2.45, 2.75) is 6.10 Å². The monoisotopic (exact) mass is 323 g/mol. The summed E-state index contributed by atoms with van der Waals surface area (Å²) in [5, 5.41) is 17.2. The van der Waals surface area contributed by atoms with Crippen LogP contribution in [0.3, 0.4) is 0 Å². The van der Waals surface area contributed by atoms with Crippen molar-refractivity contribution < 1.29 is 14.6 Å². The number of anilines is 1. The first-order valence-electron chi connectivity index (χ1n) is 7.41. The van der Waals surface area contributed by atoms with Crippen LogP contribution in [-0.2, 0) is 4.79 Å². The molecular formula is C18H17N3O3. The number of hydrogen-bond donors (Lipinski definition) is 2. The third kappa shape index (κ3) is 3.28. The molecule has 0 saturated heterocycles. The lowest BCUT2D eigenvalue weighted by Gasteiger charge is -2.15. The van der Waals surface area contributed by atoms with E-state index in [2.05, 4.69) is 10.4 Å². The Kier molecular flexibility index (Phi) is 4.58. The van der Waals surface area contributed by atoms with Crippen LogP contribution in [0.2, 0.25) is 0 Å². The molecule has 6 nitrogen and oxygen atoms in total. The highest BCUT2D eigenvalue weighted by Crippen LogP contribution is 2.23. The van der Waals surface area contributed by atoms with Gasteiger partial charge in [0.05, 0.1) is 18.5 Å². The first-order valence-corrected chi connectivity index (χ1v) is 7.41. The van der Waals surface area contributed by atoms with E-state index in [4.69, 9.17) is 4.74 Å². The first kappa shape index (κ1) is 15.8. The van der Waals surface area contributed by atoms with Crippen molar-refractivity contribution in [2.24, 2.45) is 0 Å². The number of aliphatic hydroxyl groups excluding tert-OH is 1. The van der Waals surface area contributed by atoms with E-state index in [-0.39, 0.29) is 0 Å². The molecule has 1 heterocycles. The zero-order valence-electron chi connectivity index (χ0n) is 13.1. The summed E-state index contributed by atoms with van der Waals surface area (Å²) >= 11 is 0. The molecule has 1 atom stereocenters. The Morgan fingerprint density at radius 3 is 2.79 bits per heavy atom. The fourth-order valence-electron chi connectivity index (χ4n) is 2.35. The number of para-hydroxylation sites is 2.